The molecule has 56 heavy (non-hydrogen) atoms. The minimum absolute atomic E-state index is 0.166. The van der Waals surface area contributed by atoms with E-state index in [1.807, 2.05) is 69.3 Å². The van der Waals surface area contributed by atoms with Gasteiger partial charge in [0.15, 0.2) is 6.29 Å². The molecule has 13 heteroatoms. The van der Waals surface area contributed by atoms with Gasteiger partial charge < -0.3 is 34.6 Å². The molecular formula is C43H58N8O5. The number of piperidine rings is 1. The van der Waals surface area contributed by atoms with E-state index in [1.54, 1.807) is 22.9 Å². The molecule has 0 bridgehead atoms. The number of rotatable bonds is 11. The van der Waals surface area contributed by atoms with Crippen LogP contribution in [0.2, 0.25) is 0 Å². The van der Waals surface area contributed by atoms with Crippen LogP contribution >= 0.6 is 0 Å². The first-order chi connectivity index (χ1) is 26.9. The van der Waals surface area contributed by atoms with Crippen molar-refractivity contribution >= 4 is 29.2 Å². The molecule has 2 saturated heterocycles. The second-order valence-corrected chi connectivity index (χ2v) is 15.9. The number of nitrogens with zero attached hydrogens (tertiary/aromatic N) is 3. The van der Waals surface area contributed by atoms with E-state index in [1.165, 1.54) is 0 Å². The molecule has 0 saturated carbocycles. The highest BCUT2D eigenvalue weighted by Crippen LogP contribution is 2.38. The Morgan fingerprint density at radius 3 is 2.50 bits per heavy atom. The van der Waals surface area contributed by atoms with Crippen molar-refractivity contribution in [2.24, 2.45) is 10.4 Å². The molecule has 3 aliphatic rings. The second-order valence-electron chi connectivity index (χ2n) is 15.9. The molecule has 4 unspecified atom stereocenters. The standard InChI is InChI=1S/C43H58N8O5/c1-29-12-7-9-22-50(29)41(46)51-28-32(18-21-38(51)45)56-36-20-19-35(33-15-5-6-16-34(33)36)48-42(52)49-39(27-37(44)43(2,3)4)47-30-13-11-14-31(26-30)53-24-25-55-40-17-8-10-23-54-40/h5-6,11,13-16,18,21,26,28-29,35-36,40,44-46H,7-10,12,17,19-20,22-25,27H2,1-4H3,(H2,47,48,49,52). The Labute approximate surface area is 330 Å². The molecule has 3 heterocycles. The number of ether oxygens (including phenoxy) is 4. The molecule has 1 aromatic heterocycles. The Kier molecular flexibility index (Phi) is 13.6. The third kappa shape index (κ3) is 10.8. The fourth-order valence-electron chi connectivity index (χ4n) is 7.31. The number of amides is 2. The zero-order chi connectivity index (χ0) is 39.7. The van der Waals surface area contributed by atoms with E-state index in [9.17, 15) is 4.79 Å². The van der Waals surface area contributed by atoms with Gasteiger partial charge >= 0.3 is 6.03 Å². The van der Waals surface area contributed by atoms with Crippen molar-refractivity contribution in [3.05, 3.63) is 83.5 Å². The highest BCUT2D eigenvalue weighted by atomic mass is 16.7. The van der Waals surface area contributed by atoms with Crippen LogP contribution in [-0.4, -0.2) is 71.7 Å². The summed E-state index contributed by atoms with van der Waals surface area (Å²) in [6, 6.07) is 18.3. The lowest BCUT2D eigenvalue weighted by Crippen LogP contribution is -2.47. The summed E-state index contributed by atoms with van der Waals surface area (Å²) in [6.07, 6.45) is 9.03. The van der Waals surface area contributed by atoms with Gasteiger partial charge in [-0.2, -0.15) is 0 Å². The Bertz CT molecular complexity index is 1930. The molecule has 3 aromatic rings. The highest BCUT2D eigenvalue weighted by molar-refractivity contribution is 6.09. The van der Waals surface area contributed by atoms with Crippen LogP contribution in [0.1, 0.15) is 109 Å². The summed E-state index contributed by atoms with van der Waals surface area (Å²) in [5, 5.41) is 32.3. The molecule has 5 N–H and O–H groups in total. The maximum atomic E-state index is 13.7. The lowest BCUT2D eigenvalue weighted by atomic mass is 9.85. The zero-order valence-electron chi connectivity index (χ0n) is 33.2. The van der Waals surface area contributed by atoms with Gasteiger partial charge in [-0.05, 0) is 99.1 Å². The first-order valence-electron chi connectivity index (χ1n) is 20.0. The van der Waals surface area contributed by atoms with E-state index in [4.69, 9.17) is 40.2 Å². The van der Waals surface area contributed by atoms with Crippen molar-refractivity contribution in [3.8, 4) is 11.5 Å². The number of amidine groups is 1. The number of carbonyl (C=O) groups excluding carboxylic acids is 1. The molecular weight excluding hydrogens is 709 g/mol. The Balaban J connectivity index is 1.12. The molecule has 13 nitrogen and oxygen atoms in total. The number of hydrogen-bond acceptors (Lipinski definition) is 9. The quantitative estimate of drug-likeness (QED) is 0.0753. The lowest BCUT2D eigenvalue weighted by molar-refractivity contribution is -0.165. The second kappa shape index (κ2) is 18.8. The van der Waals surface area contributed by atoms with Crippen LogP contribution in [-0.2, 0) is 9.47 Å². The first kappa shape index (κ1) is 40.6. The summed E-state index contributed by atoms with van der Waals surface area (Å²) in [6.45, 7) is 10.4. The number of nitrogens with one attached hydrogen (secondary N) is 5. The van der Waals surface area contributed by atoms with Crippen LogP contribution in [0, 0.1) is 21.6 Å². The van der Waals surface area contributed by atoms with Gasteiger partial charge in [0.2, 0.25) is 5.96 Å². The minimum Gasteiger partial charge on any atom is -0.491 e. The van der Waals surface area contributed by atoms with E-state index in [0.717, 1.165) is 62.8 Å². The van der Waals surface area contributed by atoms with Crippen molar-refractivity contribution in [2.45, 2.75) is 110 Å². The monoisotopic (exact) mass is 766 g/mol. The summed E-state index contributed by atoms with van der Waals surface area (Å²) >= 11 is 0. The van der Waals surface area contributed by atoms with Gasteiger partial charge in [0.05, 0.1) is 24.5 Å². The molecule has 300 valence electrons. The van der Waals surface area contributed by atoms with Crippen molar-refractivity contribution in [1.82, 2.24) is 20.1 Å². The van der Waals surface area contributed by atoms with Gasteiger partial charge in [-0.3, -0.25) is 20.7 Å². The topological polar surface area (TPSA) is 170 Å². The van der Waals surface area contributed by atoms with Gasteiger partial charge in [-0.15, -0.1) is 0 Å². The summed E-state index contributed by atoms with van der Waals surface area (Å²) < 4.78 is 25.5. The molecule has 0 radical (unpaired) electrons. The molecule has 4 atom stereocenters. The molecule has 1 aliphatic carbocycles. The maximum Gasteiger partial charge on any atom is 0.320 e. The van der Waals surface area contributed by atoms with E-state index < -0.39 is 11.4 Å². The fourth-order valence-corrected chi connectivity index (χ4v) is 7.31. The van der Waals surface area contributed by atoms with Crippen LogP contribution in [0.25, 0.3) is 0 Å². The molecule has 2 aromatic carbocycles. The number of aromatic nitrogens is 1. The predicted octanol–water partition coefficient (Wildman–Crippen LogP) is 7.99. The summed E-state index contributed by atoms with van der Waals surface area (Å²) in [7, 11) is 0. The van der Waals surface area contributed by atoms with Gasteiger partial charge in [-0.25, -0.2) is 9.79 Å². The molecule has 2 amide bonds. The van der Waals surface area contributed by atoms with Crippen LogP contribution in [0.3, 0.4) is 0 Å². The third-order valence-electron chi connectivity index (χ3n) is 10.6. The van der Waals surface area contributed by atoms with Gasteiger partial charge in [0, 0.05) is 37.4 Å². The number of hydrogen-bond donors (Lipinski definition) is 5. The molecule has 2 aliphatic heterocycles. The van der Waals surface area contributed by atoms with Crippen LogP contribution in [0.4, 0.5) is 10.5 Å². The molecule has 0 spiro atoms. The average molecular weight is 767 g/mol. The SMILES string of the molecule is CC1CCCCN1C(=N)n1cc(OC2CCC(NC(=O)NC(CC(=N)C(C)(C)C)=Nc3cccc(OCCOC4CCCCO4)c3)c3ccccc32)ccc1=N. The van der Waals surface area contributed by atoms with E-state index >= 15 is 0 Å². The number of carbonyl (C=O) groups is 1. The lowest BCUT2D eigenvalue weighted by Gasteiger charge is -2.36. The highest BCUT2D eigenvalue weighted by Gasteiger charge is 2.30. The Hall–Kier alpha value is -5.01. The normalized spacial score (nSPS) is 21.4. The van der Waals surface area contributed by atoms with Gasteiger partial charge in [0.25, 0.3) is 0 Å². The number of aliphatic imine (C=N–C) groups is 1. The largest absolute Gasteiger partial charge is 0.491 e. The van der Waals surface area contributed by atoms with Crippen LogP contribution in [0.15, 0.2) is 71.9 Å². The number of pyridine rings is 1. The summed E-state index contributed by atoms with van der Waals surface area (Å²) in [5.74, 6) is 1.86. The zero-order valence-corrected chi connectivity index (χ0v) is 33.2. The Morgan fingerprint density at radius 1 is 0.929 bits per heavy atom. The number of benzene rings is 2. The van der Waals surface area contributed by atoms with Crippen molar-refractivity contribution in [1.29, 1.82) is 16.2 Å². The van der Waals surface area contributed by atoms with Gasteiger partial charge in [0.1, 0.15) is 35.5 Å². The Morgan fingerprint density at radius 2 is 1.73 bits per heavy atom. The van der Waals surface area contributed by atoms with E-state index in [0.29, 0.717) is 60.7 Å². The van der Waals surface area contributed by atoms with Crippen LogP contribution in [0.5, 0.6) is 11.5 Å². The average Bonchev–Trinajstić information content (AvgIpc) is 3.18. The smallest absolute Gasteiger partial charge is 0.320 e. The summed E-state index contributed by atoms with van der Waals surface area (Å²) in [4.78, 5) is 20.5. The number of likely N-dealkylation sites (tertiary alicyclic amines) is 1. The first-order valence-corrected chi connectivity index (χ1v) is 20.0. The van der Waals surface area contributed by atoms with E-state index in [-0.39, 0.29) is 36.4 Å². The number of urea groups is 1. The summed E-state index contributed by atoms with van der Waals surface area (Å²) in [5.41, 5.74) is 2.79. The van der Waals surface area contributed by atoms with Crippen LogP contribution < -0.4 is 25.6 Å². The minimum atomic E-state index is -0.407. The third-order valence-corrected chi connectivity index (χ3v) is 10.6. The maximum absolute atomic E-state index is 13.7. The molecule has 6 rings (SSSR count). The molecule has 2 fully saturated rings. The van der Waals surface area contributed by atoms with Gasteiger partial charge in [-0.1, -0.05) is 51.1 Å². The van der Waals surface area contributed by atoms with Crippen molar-refractivity contribution < 1.29 is 23.7 Å². The van der Waals surface area contributed by atoms with Crippen molar-refractivity contribution in [2.75, 3.05) is 26.4 Å². The van der Waals surface area contributed by atoms with E-state index in [2.05, 4.69) is 22.5 Å². The fraction of sp³-hybridized carbons (Fsp3) is 0.512. The number of fused-ring (bicyclic) bond motifs is 1. The van der Waals surface area contributed by atoms with Crippen molar-refractivity contribution in [3.63, 3.8) is 0 Å². The predicted molar refractivity (Wildman–Crippen MR) is 217 cm³/mol.